The fraction of sp³-hybridized carbons (Fsp3) is 0.444. The first-order chi connectivity index (χ1) is 12.4. The lowest BCUT2D eigenvalue weighted by Crippen LogP contribution is -2.57. The minimum atomic E-state index is -0.616. The van der Waals surface area contributed by atoms with Crippen molar-refractivity contribution < 1.29 is 19.1 Å². The van der Waals surface area contributed by atoms with Crippen LogP contribution in [-0.2, 0) is 9.47 Å². The molecular weight excluding hydrogens is 354 g/mol. The van der Waals surface area contributed by atoms with Gasteiger partial charge in [0, 0.05) is 16.9 Å². The Kier molecular flexibility index (Phi) is 6.93. The SMILES string of the molecule is CCOC(=O)N1SC(c2ccc(C)cc2)=CC(N(C)C)N1C(=O)OCC. The maximum Gasteiger partial charge on any atom is 0.440 e. The number of rotatable bonds is 4. The van der Waals surface area contributed by atoms with Gasteiger partial charge in [0.1, 0.15) is 6.17 Å². The van der Waals surface area contributed by atoms with Crippen LogP contribution in [0.4, 0.5) is 9.59 Å². The number of carbonyl (C=O) groups excluding carboxylic acids is 2. The number of hydrogen-bond donors (Lipinski definition) is 0. The lowest BCUT2D eigenvalue weighted by atomic mass is 10.1. The Bertz CT molecular complexity index is 676. The molecule has 7 nitrogen and oxygen atoms in total. The lowest BCUT2D eigenvalue weighted by molar-refractivity contribution is -0.0145. The van der Waals surface area contributed by atoms with Gasteiger partial charge in [-0.2, -0.15) is 5.01 Å². The molecule has 0 aliphatic carbocycles. The summed E-state index contributed by atoms with van der Waals surface area (Å²) in [5.41, 5.74) is 2.11. The summed E-state index contributed by atoms with van der Waals surface area (Å²) in [7, 11) is 3.67. The van der Waals surface area contributed by atoms with Crippen molar-refractivity contribution in [3.8, 4) is 0 Å². The maximum absolute atomic E-state index is 12.5. The summed E-state index contributed by atoms with van der Waals surface area (Å²) >= 11 is 1.14. The van der Waals surface area contributed by atoms with E-state index in [9.17, 15) is 9.59 Å². The lowest BCUT2D eigenvalue weighted by Gasteiger charge is -2.42. The Morgan fingerprint density at radius 3 is 2.19 bits per heavy atom. The van der Waals surface area contributed by atoms with Crippen LogP contribution in [0.15, 0.2) is 30.3 Å². The van der Waals surface area contributed by atoms with Gasteiger partial charge in [-0.05, 0) is 46.5 Å². The first kappa shape index (κ1) is 20.1. The van der Waals surface area contributed by atoms with Crippen molar-refractivity contribution in [3.63, 3.8) is 0 Å². The second-order valence-electron chi connectivity index (χ2n) is 5.88. The molecule has 0 fully saturated rings. The van der Waals surface area contributed by atoms with Crippen LogP contribution in [0.3, 0.4) is 0 Å². The van der Waals surface area contributed by atoms with Crippen molar-refractivity contribution >= 4 is 29.0 Å². The average Bonchev–Trinajstić information content (AvgIpc) is 2.61. The first-order valence-electron chi connectivity index (χ1n) is 8.45. The van der Waals surface area contributed by atoms with Crippen LogP contribution in [0.25, 0.3) is 4.91 Å². The molecule has 0 N–H and O–H groups in total. The number of carbonyl (C=O) groups is 2. The molecule has 1 aliphatic rings. The average molecular weight is 379 g/mol. The molecule has 1 aromatic rings. The van der Waals surface area contributed by atoms with Crippen LogP contribution in [-0.4, -0.2) is 60.0 Å². The van der Waals surface area contributed by atoms with Crippen molar-refractivity contribution in [2.45, 2.75) is 26.9 Å². The van der Waals surface area contributed by atoms with Crippen molar-refractivity contribution in [2.24, 2.45) is 0 Å². The van der Waals surface area contributed by atoms with Crippen LogP contribution < -0.4 is 0 Å². The molecule has 1 aliphatic heterocycles. The summed E-state index contributed by atoms with van der Waals surface area (Å²) in [6.45, 7) is 5.89. The number of amides is 2. The zero-order valence-electron chi connectivity index (χ0n) is 15.8. The number of likely N-dealkylation sites (N-methyl/N-ethyl adjacent to an activating group) is 1. The molecule has 0 spiro atoms. The monoisotopic (exact) mass is 379 g/mol. The Morgan fingerprint density at radius 1 is 1.08 bits per heavy atom. The molecule has 0 saturated heterocycles. The third-order valence-electron chi connectivity index (χ3n) is 3.68. The Balaban J connectivity index is 2.46. The number of nitrogens with zero attached hydrogens (tertiary/aromatic N) is 3. The summed E-state index contributed by atoms with van der Waals surface area (Å²) in [4.78, 5) is 27.7. The molecule has 8 heteroatoms. The molecule has 0 saturated carbocycles. The van der Waals surface area contributed by atoms with Crippen LogP contribution in [0.2, 0.25) is 0 Å². The minimum Gasteiger partial charge on any atom is -0.448 e. The summed E-state index contributed by atoms with van der Waals surface area (Å²) < 4.78 is 11.5. The quantitative estimate of drug-likeness (QED) is 0.743. The summed E-state index contributed by atoms with van der Waals surface area (Å²) in [5, 5.41) is 1.27. The van der Waals surface area contributed by atoms with E-state index in [4.69, 9.17) is 9.47 Å². The molecule has 142 valence electrons. The third kappa shape index (κ3) is 4.50. The number of hydrogen-bond acceptors (Lipinski definition) is 6. The zero-order chi connectivity index (χ0) is 19.3. The number of hydrazine groups is 1. The van der Waals surface area contributed by atoms with Crippen molar-refractivity contribution in [2.75, 3.05) is 27.3 Å². The number of ether oxygens (including phenoxy) is 2. The Hall–Kier alpha value is -2.19. The molecule has 1 heterocycles. The normalized spacial score (nSPS) is 17.2. The van der Waals surface area contributed by atoms with Gasteiger partial charge >= 0.3 is 12.2 Å². The van der Waals surface area contributed by atoms with Crippen molar-refractivity contribution in [1.29, 1.82) is 0 Å². The highest BCUT2D eigenvalue weighted by atomic mass is 32.2. The summed E-state index contributed by atoms with van der Waals surface area (Å²) in [5.74, 6) is 0. The molecule has 0 aromatic heterocycles. The van der Waals surface area contributed by atoms with Gasteiger partial charge in [0.05, 0.1) is 13.2 Å². The van der Waals surface area contributed by atoms with Gasteiger partial charge in [0.2, 0.25) is 0 Å². The molecule has 0 radical (unpaired) electrons. The smallest absolute Gasteiger partial charge is 0.440 e. The molecule has 26 heavy (non-hydrogen) atoms. The molecule has 2 rings (SSSR count). The van der Waals surface area contributed by atoms with Crippen LogP contribution in [0, 0.1) is 6.92 Å². The number of aryl methyl sites for hydroxylation is 1. The van der Waals surface area contributed by atoms with E-state index in [1.807, 2.05) is 56.3 Å². The van der Waals surface area contributed by atoms with E-state index in [0.717, 1.165) is 28.0 Å². The van der Waals surface area contributed by atoms with Crippen molar-refractivity contribution in [3.05, 3.63) is 41.5 Å². The predicted molar refractivity (Wildman–Crippen MR) is 102 cm³/mol. The fourth-order valence-corrected chi connectivity index (χ4v) is 3.38. The highest BCUT2D eigenvalue weighted by Crippen LogP contribution is 2.39. The number of benzene rings is 1. The molecular formula is C18H25N3O4S. The van der Waals surface area contributed by atoms with Gasteiger partial charge in [-0.1, -0.05) is 29.8 Å². The molecule has 0 bridgehead atoms. The van der Waals surface area contributed by atoms with Gasteiger partial charge in [0.25, 0.3) is 0 Å². The molecule has 1 atom stereocenters. The molecule has 1 unspecified atom stereocenters. The first-order valence-corrected chi connectivity index (χ1v) is 9.22. The Labute approximate surface area is 158 Å². The zero-order valence-corrected chi connectivity index (χ0v) is 16.6. The van der Waals surface area contributed by atoms with Crippen LogP contribution in [0.5, 0.6) is 0 Å². The second-order valence-corrected chi connectivity index (χ2v) is 6.85. The van der Waals surface area contributed by atoms with Crippen LogP contribution >= 0.6 is 11.9 Å². The largest absolute Gasteiger partial charge is 0.448 e. The van der Waals surface area contributed by atoms with E-state index < -0.39 is 18.4 Å². The molecule has 2 amide bonds. The third-order valence-corrected chi connectivity index (χ3v) is 4.74. The topological polar surface area (TPSA) is 62.3 Å². The van der Waals surface area contributed by atoms with E-state index >= 15 is 0 Å². The van der Waals surface area contributed by atoms with E-state index in [-0.39, 0.29) is 13.2 Å². The van der Waals surface area contributed by atoms with E-state index in [2.05, 4.69) is 0 Å². The fourth-order valence-electron chi connectivity index (χ4n) is 2.39. The maximum atomic E-state index is 12.5. The highest BCUT2D eigenvalue weighted by Gasteiger charge is 2.40. The van der Waals surface area contributed by atoms with Gasteiger partial charge in [0.15, 0.2) is 0 Å². The standard InChI is InChI=1S/C18H25N3O4S/c1-6-24-17(22)20-16(19(4)5)12-15(14-10-8-13(3)9-11-14)26-21(20)18(23)25-7-2/h8-12,16H,6-7H2,1-5H3. The minimum absolute atomic E-state index is 0.211. The highest BCUT2D eigenvalue weighted by molar-refractivity contribution is 8.06. The van der Waals surface area contributed by atoms with Gasteiger partial charge in [-0.15, -0.1) is 4.41 Å². The molecule has 1 aromatic carbocycles. The summed E-state index contributed by atoms with van der Waals surface area (Å²) in [6, 6.07) is 8.00. The van der Waals surface area contributed by atoms with E-state index in [1.54, 1.807) is 13.8 Å². The van der Waals surface area contributed by atoms with E-state index in [1.165, 1.54) is 9.42 Å². The predicted octanol–water partition coefficient (Wildman–Crippen LogP) is 3.72. The van der Waals surface area contributed by atoms with Crippen LogP contribution in [0.1, 0.15) is 25.0 Å². The van der Waals surface area contributed by atoms with Gasteiger partial charge in [-0.25, -0.2) is 9.59 Å². The van der Waals surface area contributed by atoms with Crippen molar-refractivity contribution in [1.82, 2.24) is 14.3 Å². The Morgan fingerprint density at radius 2 is 1.65 bits per heavy atom. The summed E-state index contributed by atoms with van der Waals surface area (Å²) in [6.07, 6.45) is 0.221. The van der Waals surface area contributed by atoms with Gasteiger partial charge in [-0.3, -0.25) is 4.90 Å². The second kappa shape index (κ2) is 8.95. The van der Waals surface area contributed by atoms with Gasteiger partial charge < -0.3 is 9.47 Å². The van der Waals surface area contributed by atoms with E-state index in [0.29, 0.717) is 0 Å².